The molecule has 44 heavy (non-hydrogen) atoms. The number of amides is 2. The monoisotopic (exact) mass is 609 g/mol. The van der Waals surface area contributed by atoms with Gasteiger partial charge in [0.1, 0.15) is 11.5 Å². The number of anilines is 1. The number of benzene rings is 4. The van der Waals surface area contributed by atoms with Crippen molar-refractivity contribution >= 4 is 23.3 Å². The zero-order chi connectivity index (χ0) is 31.1. The number of urea groups is 1. The molecule has 1 heterocycles. The lowest BCUT2D eigenvalue weighted by molar-refractivity contribution is 0.119. The van der Waals surface area contributed by atoms with Gasteiger partial charge in [-0.05, 0) is 83.3 Å². The van der Waals surface area contributed by atoms with Crippen LogP contribution in [-0.4, -0.2) is 35.0 Å². The molecular weight excluding hydrogens is 566 g/mol. The summed E-state index contributed by atoms with van der Waals surface area (Å²) in [5.41, 5.74) is 5.64. The second kappa shape index (κ2) is 14.8. The predicted molar refractivity (Wildman–Crippen MR) is 182 cm³/mol. The van der Waals surface area contributed by atoms with Gasteiger partial charge in [-0.1, -0.05) is 100.0 Å². The second-order valence-corrected chi connectivity index (χ2v) is 12.8. The van der Waals surface area contributed by atoms with E-state index in [9.17, 15) is 4.79 Å². The summed E-state index contributed by atoms with van der Waals surface area (Å²) >= 11 is 6.06. The number of ether oxygens (including phenoxy) is 1. The van der Waals surface area contributed by atoms with E-state index < -0.39 is 0 Å². The third-order valence-electron chi connectivity index (χ3n) is 8.41. The number of nitrogens with one attached hydrogen (secondary N) is 1. The van der Waals surface area contributed by atoms with E-state index in [2.05, 4.69) is 92.5 Å². The SMILES string of the molecule is CC(C)c1cccc(C(C)C)c1NC(=O)N(Cc1cccc(Oc2ccc(Cl)cc2)c1)C1CCN(Cc2ccccc2)CC1. The molecule has 1 aliphatic heterocycles. The average molecular weight is 610 g/mol. The quantitative estimate of drug-likeness (QED) is 0.194. The Labute approximate surface area is 267 Å². The minimum absolute atomic E-state index is 0.0504. The highest BCUT2D eigenvalue weighted by atomic mass is 35.5. The zero-order valence-electron chi connectivity index (χ0n) is 26.3. The van der Waals surface area contributed by atoms with Crippen LogP contribution in [0.2, 0.25) is 5.02 Å². The zero-order valence-corrected chi connectivity index (χ0v) is 27.1. The molecule has 230 valence electrons. The van der Waals surface area contributed by atoms with E-state index in [0.29, 0.717) is 23.4 Å². The maximum atomic E-state index is 14.3. The Hall–Kier alpha value is -3.80. The fourth-order valence-electron chi connectivity index (χ4n) is 6.01. The fraction of sp³-hybridized carbons (Fsp3) is 0.342. The lowest BCUT2D eigenvalue weighted by Gasteiger charge is -2.39. The molecular formula is C38H44ClN3O2. The molecule has 0 spiro atoms. The van der Waals surface area contributed by atoms with Gasteiger partial charge >= 0.3 is 6.03 Å². The van der Waals surface area contributed by atoms with Gasteiger partial charge in [0.15, 0.2) is 0 Å². The van der Waals surface area contributed by atoms with Gasteiger partial charge in [0.05, 0.1) is 0 Å². The Kier molecular flexibility index (Phi) is 10.6. The number of carbonyl (C=O) groups excluding carboxylic acids is 1. The lowest BCUT2D eigenvalue weighted by Crippen LogP contribution is -2.48. The van der Waals surface area contributed by atoms with Crippen LogP contribution in [0.25, 0.3) is 0 Å². The number of nitrogens with zero attached hydrogens (tertiary/aromatic N) is 2. The van der Waals surface area contributed by atoms with E-state index >= 15 is 0 Å². The maximum absolute atomic E-state index is 14.3. The largest absolute Gasteiger partial charge is 0.457 e. The first kappa shape index (κ1) is 31.6. The normalized spacial score (nSPS) is 14.2. The van der Waals surface area contributed by atoms with Crippen molar-refractivity contribution in [3.05, 3.63) is 124 Å². The molecule has 6 heteroatoms. The van der Waals surface area contributed by atoms with Gasteiger partial charge < -0.3 is 15.0 Å². The molecule has 0 bridgehead atoms. The molecule has 0 unspecified atom stereocenters. The van der Waals surface area contributed by atoms with E-state index in [-0.39, 0.29) is 12.1 Å². The molecule has 4 aromatic rings. The molecule has 5 rings (SSSR count). The summed E-state index contributed by atoms with van der Waals surface area (Å²) in [6.07, 6.45) is 1.84. The minimum atomic E-state index is -0.0504. The third-order valence-corrected chi connectivity index (χ3v) is 8.67. The first-order valence-corrected chi connectivity index (χ1v) is 16.1. The van der Waals surface area contributed by atoms with Crippen molar-refractivity contribution in [2.45, 2.75) is 71.5 Å². The molecule has 5 nitrogen and oxygen atoms in total. The Morgan fingerprint density at radius 1 is 0.818 bits per heavy atom. The van der Waals surface area contributed by atoms with Gasteiger partial charge in [-0.2, -0.15) is 0 Å². The van der Waals surface area contributed by atoms with Crippen molar-refractivity contribution < 1.29 is 9.53 Å². The van der Waals surface area contributed by atoms with Crippen molar-refractivity contribution in [3.8, 4) is 11.5 Å². The summed E-state index contributed by atoms with van der Waals surface area (Å²) in [5, 5.41) is 4.07. The van der Waals surface area contributed by atoms with Gasteiger partial charge in [0, 0.05) is 42.9 Å². The molecule has 0 aliphatic carbocycles. The van der Waals surface area contributed by atoms with Crippen molar-refractivity contribution in [2.24, 2.45) is 0 Å². The summed E-state index contributed by atoms with van der Waals surface area (Å²) in [6, 6.07) is 32.4. The number of para-hydroxylation sites is 1. The topological polar surface area (TPSA) is 44.8 Å². The highest BCUT2D eigenvalue weighted by Crippen LogP contribution is 2.33. The molecule has 2 amide bonds. The summed E-state index contributed by atoms with van der Waals surface area (Å²) in [4.78, 5) is 18.8. The third kappa shape index (κ3) is 8.22. The van der Waals surface area contributed by atoms with E-state index in [4.69, 9.17) is 16.3 Å². The first-order valence-electron chi connectivity index (χ1n) is 15.8. The van der Waals surface area contributed by atoms with Gasteiger partial charge in [-0.25, -0.2) is 4.79 Å². The minimum Gasteiger partial charge on any atom is -0.457 e. The fourth-order valence-corrected chi connectivity index (χ4v) is 6.14. The summed E-state index contributed by atoms with van der Waals surface area (Å²) in [6.45, 7) is 12.1. The molecule has 0 radical (unpaired) electrons. The first-order chi connectivity index (χ1) is 21.3. The van der Waals surface area contributed by atoms with Crippen molar-refractivity contribution in [1.82, 2.24) is 9.80 Å². The van der Waals surface area contributed by atoms with Crippen LogP contribution < -0.4 is 10.1 Å². The Bertz CT molecular complexity index is 1490. The predicted octanol–water partition coefficient (Wildman–Crippen LogP) is 10.1. The number of rotatable bonds is 10. The van der Waals surface area contributed by atoms with Crippen molar-refractivity contribution in [3.63, 3.8) is 0 Å². The molecule has 0 saturated carbocycles. The van der Waals surface area contributed by atoms with Crippen LogP contribution >= 0.6 is 11.6 Å². The van der Waals surface area contributed by atoms with Crippen LogP contribution in [0.5, 0.6) is 11.5 Å². The lowest BCUT2D eigenvalue weighted by atomic mass is 9.92. The highest BCUT2D eigenvalue weighted by Gasteiger charge is 2.29. The number of carbonyl (C=O) groups is 1. The van der Waals surface area contributed by atoms with Gasteiger partial charge in [0.2, 0.25) is 0 Å². The summed E-state index contributed by atoms with van der Waals surface area (Å²) < 4.78 is 6.13. The van der Waals surface area contributed by atoms with Gasteiger partial charge in [-0.3, -0.25) is 4.90 Å². The van der Waals surface area contributed by atoms with E-state index in [1.165, 1.54) is 16.7 Å². The van der Waals surface area contributed by atoms with Crippen LogP contribution in [0, 0.1) is 0 Å². The second-order valence-electron chi connectivity index (χ2n) is 12.4. The average Bonchev–Trinajstić information content (AvgIpc) is 3.02. The van der Waals surface area contributed by atoms with Crippen LogP contribution in [0.15, 0.2) is 97.1 Å². The Balaban J connectivity index is 1.38. The molecule has 4 aromatic carbocycles. The van der Waals surface area contributed by atoms with Crippen molar-refractivity contribution in [2.75, 3.05) is 18.4 Å². The van der Waals surface area contributed by atoms with Crippen LogP contribution in [0.1, 0.15) is 74.6 Å². The standard InChI is InChI=1S/C38H44ClN3O2/c1-27(2)35-14-9-15-36(28(3)4)37(35)40-38(43)42(32-20-22-41(23-21-32)25-29-10-6-5-7-11-29)26-30-12-8-13-34(24-30)44-33-18-16-31(39)17-19-33/h5-19,24,27-28,32H,20-23,25-26H2,1-4H3,(H,40,43). The van der Waals surface area contributed by atoms with Gasteiger partial charge in [-0.15, -0.1) is 0 Å². The number of piperidine rings is 1. The molecule has 1 N–H and O–H groups in total. The maximum Gasteiger partial charge on any atom is 0.322 e. The molecule has 0 aromatic heterocycles. The summed E-state index contributed by atoms with van der Waals surface area (Å²) in [7, 11) is 0. The molecule has 1 saturated heterocycles. The number of halogens is 1. The molecule has 1 aliphatic rings. The molecule has 0 atom stereocenters. The van der Waals surface area contributed by atoms with Crippen LogP contribution in [-0.2, 0) is 13.1 Å². The van der Waals surface area contributed by atoms with Gasteiger partial charge in [0.25, 0.3) is 0 Å². The highest BCUT2D eigenvalue weighted by molar-refractivity contribution is 6.30. The summed E-state index contributed by atoms with van der Waals surface area (Å²) in [5.74, 6) is 2.04. The van der Waals surface area contributed by atoms with Crippen molar-refractivity contribution in [1.29, 1.82) is 0 Å². The number of likely N-dealkylation sites (tertiary alicyclic amines) is 1. The number of hydrogen-bond acceptors (Lipinski definition) is 3. The van der Waals surface area contributed by atoms with Crippen LogP contribution in [0.4, 0.5) is 10.5 Å². The van der Waals surface area contributed by atoms with E-state index in [1.54, 1.807) is 0 Å². The number of hydrogen-bond donors (Lipinski definition) is 1. The molecule has 1 fully saturated rings. The Morgan fingerprint density at radius 3 is 2.07 bits per heavy atom. The smallest absolute Gasteiger partial charge is 0.322 e. The van der Waals surface area contributed by atoms with Crippen LogP contribution in [0.3, 0.4) is 0 Å². The van der Waals surface area contributed by atoms with E-state index in [1.807, 2.05) is 47.4 Å². The van der Waals surface area contributed by atoms with E-state index in [0.717, 1.165) is 55.2 Å². The Morgan fingerprint density at radius 2 is 1.43 bits per heavy atom.